The molecule has 124 valence electrons. The molecule has 0 amide bonds. The molecule has 1 heterocycles. The van der Waals surface area contributed by atoms with Crippen LogP contribution in [0.5, 0.6) is 0 Å². The van der Waals surface area contributed by atoms with Crippen molar-refractivity contribution in [3.63, 3.8) is 0 Å². The van der Waals surface area contributed by atoms with Gasteiger partial charge in [-0.2, -0.15) is 0 Å². The summed E-state index contributed by atoms with van der Waals surface area (Å²) >= 11 is 5.60. The summed E-state index contributed by atoms with van der Waals surface area (Å²) in [6, 6.07) is 3.24. The van der Waals surface area contributed by atoms with Gasteiger partial charge in [-0.1, -0.05) is 11.6 Å². The lowest BCUT2D eigenvalue weighted by Gasteiger charge is -2.13. The third-order valence-corrected chi connectivity index (χ3v) is 5.15. The fourth-order valence-electron chi connectivity index (χ4n) is 1.99. The molecule has 2 aromatic rings. The molecular formula is C13H13ClFN3O4S. The quantitative estimate of drug-likeness (QED) is 0.882. The van der Waals surface area contributed by atoms with Crippen LogP contribution >= 0.6 is 11.6 Å². The summed E-state index contributed by atoms with van der Waals surface area (Å²) in [5, 5.41) is -0.268. The SMILES string of the molecule is Cc1c(S(=O)(=O)Nc2ccc(F)c(Cl)c2)c(=O)n(C)c(=O)n1C. The van der Waals surface area contributed by atoms with Gasteiger partial charge in [0.1, 0.15) is 5.82 Å². The smallest absolute Gasteiger partial charge is 0.300 e. The van der Waals surface area contributed by atoms with E-state index < -0.39 is 32.0 Å². The largest absolute Gasteiger partial charge is 0.330 e. The molecule has 1 N–H and O–H groups in total. The molecule has 0 fully saturated rings. The molecule has 0 saturated heterocycles. The van der Waals surface area contributed by atoms with Crippen LogP contribution in [0.25, 0.3) is 0 Å². The number of hydrogen-bond acceptors (Lipinski definition) is 4. The van der Waals surface area contributed by atoms with Crippen molar-refractivity contribution in [1.29, 1.82) is 0 Å². The molecule has 1 aromatic carbocycles. The van der Waals surface area contributed by atoms with E-state index in [1.165, 1.54) is 27.1 Å². The molecular weight excluding hydrogens is 349 g/mol. The van der Waals surface area contributed by atoms with Crippen LogP contribution in [0.1, 0.15) is 5.69 Å². The molecule has 0 aliphatic rings. The topological polar surface area (TPSA) is 90.2 Å². The Labute approximate surface area is 136 Å². The van der Waals surface area contributed by atoms with Gasteiger partial charge < -0.3 is 0 Å². The van der Waals surface area contributed by atoms with Crippen molar-refractivity contribution in [3.05, 3.63) is 55.6 Å². The fourth-order valence-corrected chi connectivity index (χ4v) is 3.60. The molecule has 2 rings (SSSR count). The molecule has 0 saturated carbocycles. The summed E-state index contributed by atoms with van der Waals surface area (Å²) in [4.78, 5) is 23.4. The number of rotatable bonds is 3. The van der Waals surface area contributed by atoms with Crippen LogP contribution in [0.4, 0.5) is 10.1 Å². The Balaban J connectivity index is 2.63. The van der Waals surface area contributed by atoms with Gasteiger partial charge in [-0.25, -0.2) is 17.6 Å². The van der Waals surface area contributed by atoms with E-state index >= 15 is 0 Å². The number of nitrogens with zero attached hydrogens (tertiary/aromatic N) is 2. The lowest BCUT2D eigenvalue weighted by Crippen LogP contribution is -2.42. The zero-order valence-electron chi connectivity index (χ0n) is 12.4. The molecule has 0 aliphatic carbocycles. The highest BCUT2D eigenvalue weighted by Gasteiger charge is 2.25. The van der Waals surface area contributed by atoms with E-state index in [1.807, 2.05) is 0 Å². The van der Waals surface area contributed by atoms with E-state index in [2.05, 4.69) is 4.72 Å². The number of nitrogens with one attached hydrogen (secondary N) is 1. The van der Waals surface area contributed by atoms with Crippen molar-refractivity contribution in [1.82, 2.24) is 9.13 Å². The van der Waals surface area contributed by atoms with E-state index in [0.29, 0.717) is 4.57 Å². The summed E-state index contributed by atoms with van der Waals surface area (Å²) < 4.78 is 42.0. The molecule has 1 aromatic heterocycles. The second kappa shape index (κ2) is 5.82. The van der Waals surface area contributed by atoms with E-state index in [4.69, 9.17) is 11.6 Å². The summed E-state index contributed by atoms with van der Waals surface area (Å²) in [7, 11) is -1.76. The van der Waals surface area contributed by atoms with Crippen LogP contribution in [0, 0.1) is 12.7 Å². The normalized spacial score (nSPS) is 11.5. The van der Waals surface area contributed by atoms with Crippen LogP contribution in [0.2, 0.25) is 5.02 Å². The number of aromatic nitrogens is 2. The van der Waals surface area contributed by atoms with Gasteiger partial charge in [-0.15, -0.1) is 0 Å². The van der Waals surface area contributed by atoms with Crippen molar-refractivity contribution in [2.24, 2.45) is 14.1 Å². The Kier molecular flexibility index (Phi) is 4.36. The molecule has 0 unspecified atom stereocenters. The van der Waals surface area contributed by atoms with Crippen molar-refractivity contribution in [2.75, 3.05) is 4.72 Å². The average molecular weight is 362 g/mol. The number of halogens is 2. The van der Waals surface area contributed by atoms with E-state index in [1.54, 1.807) is 0 Å². The van der Waals surface area contributed by atoms with Crippen LogP contribution in [0.3, 0.4) is 0 Å². The van der Waals surface area contributed by atoms with Crippen LogP contribution < -0.4 is 16.0 Å². The number of anilines is 1. The van der Waals surface area contributed by atoms with Gasteiger partial charge in [-0.3, -0.25) is 18.7 Å². The first kappa shape index (κ1) is 17.2. The van der Waals surface area contributed by atoms with Gasteiger partial charge in [0.2, 0.25) is 0 Å². The standard InChI is InChI=1S/C13H13ClFN3O4S/c1-7-11(12(19)18(3)13(20)17(7)2)23(21,22)16-8-4-5-10(15)9(14)6-8/h4-6,16H,1-3H3. The summed E-state index contributed by atoms with van der Waals surface area (Å²) in [5.41, 5.74) is -1.62. The zero-order chi connectivity index (χ0) is 17.5. The predicted octanol–water partition coefficient (Wildman–Crippen LogP) is 0.986. The molecule has 0 bridgehead atoms. The van der Waals surface area contributed by atoms with Crippen molar-refractivity contribution in [2.45, 2.75) is 11.8 Å². The minimum atomic E-state index is -4.29. The van der Waals surface area contributed by atoms with Gasteiger partial charge in [-0.05, 0) is 25.1 Å². The molecule has 10 heteroatoms. The molecule has 0 radical (unpaired) electrons. The summed E-state index contributed by atoms with van der Waals surface area (Å²) in [6.45, 7) is 1.34. The fraction of sp³-hybridized carbons (Fsp3) is 0.231. The highest BCUT2D eigenvalue weighted by molar-refractivity contribution is 7.92. The van der Waals surface area contributed by atoms with E-state index in [9.17, 15) is 22.4 Å². The second-order valence-electron chi connectivity index (χ2n) is 4.85. The number of sulfonamides is 1. The Morgan fingerprint density at radius 1 is 1.17 bits per heavy atom. The highest BCUT2D eigenvalue weighted by Crippen LogP contribution is 2.21. The van der Waals surface area contributed by atoms with Gasteiger partial charge in [0.15, 0.2) is 4.90 Å². The van der Waals surface area contributed by atoms with Crippen molar-refractivity contribution in [3.8, 4) is 0 Å². The molecule has 0 aliphatic heterocycles. The minimum Gasteiger partial charge on any atom is -0.300 e. The zero-order valence-corrected chi connectivity index (χ0v) is 14.0. The first-order valence-corrected chi connectivity index (χ1v) is 8.17. The third-order valence-electron chi connectivity index (χ3n) is 3.35. The Bertz CT molecular complexity index is 1010. The van der Waals surface area contributed by atoms with Gasteiger partial charge in [0.05, 0.1) is 10.7 Å². The molecule has 7 nitrogen and oxygen atoms in total. The van der Waals surface area contributed by atoms with E-state index in [0.717, 1.165) is 16.7 Å². The minimum absolute atomic E-state index is 0.00768. The first-order valence-electron chi connectivity index (χ1n) is 6.30. The van der Waals surface area contributed by atoms with Crippen LogP contribution in [0.15, 0.2) is 32.7 Å². The average Bonchev–Trinajstić information content (AvgIpc) is 2.46. The van der Waals surface area contributed by atoms with Crippen molar-refractivity contribution >= 4 is 27.3 Å². The maximum atomic E-state index is 13.1. The second-order valence-corrected chi connectivity index (χ2v) is 6.88. The van der Waals surface area contributed by atoms with Gasteiger partial charge in [0.25, 0.3) is 15.6 Å². The maximum absolute atomic E-state index is 13.1. The van der Waals surface area contributed by atoms with E-state index in [-0.39, 0.29) is 16.4 Å². The van der Waals surface area contributed by atoms with Gasteiger partial charge in [0, 0.05) is 19.8 Å². The Morgan fingerprint density at radius 3 is 2.35 bits per heavy atom. The maximum Gasteiger partial charge on any atom is 0.330 e. The first-order chi connectivity index (χ1) is 10.6. The summed E-state index contributed by atoms with van der Waals surface area (Å²) in [6.07, 6.45) is 0. The van der Waals surface area contributed by atoms with Gasteiger partial charge >= 0.3 is 5.69 Å². The highest BCUT2D eigenvalue weighted by atomic mass is 35.5. The molecule has 0 spiro atoms. The number of benzene rings is 1. The predicted molar refractivity (Wildman–Crippen MR) is 83.9 cm³/mol. The van der Waals surface area contributed by atoms with Crippen molar-refractivity contribution < 1.29 is 12.8 Å². The third kappa shape index (κ3) is 3.02. The molecule has 0 atom stereocenters. The Hall–Kier alpha value is -2.13. The molecule has 23 heavy (non-hydrogen) atoms. The summed E-state index contributed by atoms with van der Waals surface area (Å²) in [5.74, 6) is -0.705. The van der Waals surface area contributed by atoms with Crippen LogP contribution in [-0.2, 0) is 24.1 Å². The Morgan fingerprint density at radius 2 is 1.78 bits per heavy atom. The monoisotopic (exact) mass is 361 g/mol. The number of hydrogen-bond donors (Lipinski definition) is 1. The lowest BCUT2D eigenvalue weighted by atomic mass is 10.3. The lowest BCUT2D eigenvalue weighted by molar-refractivity contribution is 0.583. The van der Waals surface area contributed by atoms with Crippen LogP contribution in [-0.4, -0.2) is 17.6 Å².